The third-order valence-corrected chi connectivity index (χ3v) is 5.50. The molecule has 1 aliphatic heterocycles. The molecule has 0 saturated carbocycles. The smallest absolute Gasteiger partial charge is 0.223 e. The van der Waals surface area contributed by atoms with Crippen molar-refractivity contribution in [2.75, 3.05) is 19.4 Å². The quantitative estimate of drug-likeness (QED) is 0.701. The number of hydrogen-bond acceptors (Lipinski definition) is 4. The van der Waals surface area contributed by atoms with Gasteiger partial charge in [0.1, 0.15) is 5.75 Å². The van der Waals surface area contributed by atoms with E-state index in [-0.39, 0.29) is 11.9 Å². The van der Waals surface area contributed by atoms with Crippen molar-refractivity contribution in [3.05, 3.63) is 59.9 Å². The highest BCUT2D eigenvalue weighted by atomic mass is 32.2. The highest BCUT2D eigenvalue weighted by Crippen LogP contribution is 2.33. The van der Waals surface area contributed by atoms with Crippen LogP contribution in [0.4, 0.5) is 0 Å². The molecular weight excluding hydrogens is 332 g/mol. The lowest BCUT2D eigenvalue weighted by Gasteiger charge is -2.25. The second-order valence-electron chi connectivity index (χ2n) is 6.14. The third-order valence-electron chi connectivity index (χ3n) is 4.51. The summed E-state index contributed by atoms with van der Waals surface area (Å²) in [6.07, 6.45) is 4.51. The van der Waals surface area contributed by atoms with E-state index in [0.717, 1.165) is 42.3 Å². The number of benzene rings is 1. The summed E-state index contributed by atoms with van der Waals surface area (Å²) in [6, 6.07) is 14.2. The summed E-state index contributed by atoms with van der Waals surface area (Å²) < 4.78 is 5.22. The Morgan fingerprint density at radius 3 is 2.84 bits per heavy atom. The van der Waals surface area contributed by atoms with Gasteiger partial charge in [0.05, 0.1) is 18.8 Å². The molecule has 0 N–H and O–H groups in total. The van der Waals surface area contributed by atoms with Gasteiger partial charge in [0, 0.05) is 30.7 Å². The molecule has 3 rings (SSSR count). The second kappa shape index (κ2) is 8.90. The van der Waals surface area contributed by atoms with Gasteiger partial charge in [0.2, 0.25) is 5.91 Å². The fraction of sp³-hybridized carbons (Fsp3) is 0.400. The van der Waals surface area contributed by atoms with Crippen molar-refractivity contribution < 1.29 is 9.53 Å². The number of methoxy groups -OCH3 is 1. The van der Waals surface area contributed by atoms with E-state index >= 15 is 0 Å². The van der Waals surface area contributed by atoms with Crippen molar-refractivity contribution in [3.8, 4) is 5.75 Å². The lowest BCUT2D eigenvalue weighted by molar-refractivity contribution is -0.131. The lowest BCUT2D eigenvalue weighted by Crippen LogP contribution is -2.30. The van der Waals surface area contributed by atoms with Crippen molar-refractivity contribution in [2.24, 2.45) is 0 Å². The highest BCUT2D eigenvalue weighted by molar-refractivity contribution is 7.98. The lowest BCUT2D eigenvalue weighted by atomic mass is 10.0. The van der Waals surface area contributed by atoms with Gasteiger partial charge in [0.25, 0.3) is 0 Å². The second-order valence-corrected chi connectivity index (χ2v) is 7.25. The van der Waals surface area contributed by atoms with Crippen LogP contribution in [0.5, 0.6) is 5.75 Å². The molecule has 4 nitrogen and oxygen atoms in total. The van der Waals surface area contributed by atoms with Gasteiger partial charge in [-0.05, 0) is 42.7 Å². The number of likely N-dealkylation sites (tertiary alicyclic amines) is 1. The molecule has 1 aromatic heterocycles. The van der Waals surface area contributed by atoms with Crippen molar-refractivity contribution >= 4 is 17.7 Å². The monoisotopic (exact) mass is 356 g/mol. The van der Waals surface area contributed by atoms with Gasteiger partial charge < -0.3 is 9.64 Å². The Morgan fingerprint density at radius 2 is 2.12 bits per heavy atom. The van der Waals surface area contributed by atoms with Crippen LogP contribution in [-0.4, -0.2) is 35.2 Å². The first-order valence-electron chi connectivity index (χ1n) is 8.69. The SMILES string of the molecule is COc1ccc(C2CCCN2C(=O)CCSCc2ccccn2)cc1. The summed E-state index contributed by atoms with van der Waals surface area (Å²) in [5.74, 6) is 2.80. The maximum absolute atomic E-state index is 12.6. The molecule has 1 unspecified atom stereocenters. The Labute approximate surface area is 153 Å². The van der Waals surface area contributed by atoms with E-state index in [0.29, 0.717) is 6.42 Å². The van der Waals surface area contributed by atoms with Crippen molar-refractivity contribution in [1.82, 2.24) is 9.88 Å². The zero-order valence-corrected chi connectivity index (χ0v) is 15.4. The third kappa shape index (κ3) is 4.75. The van der Waals surface area contributed by atoms with E-state index in [1.54, 1.807) is 18.9 Å². The number of carbonyl (C=O) groups is 1. The minimum absolute atomic E-state index is 0.208. The van der Waals surface area contributed by atoms with Crippen LogP contribution < -0.4 is 4.74 Å². The minimum atomic E-state index is 0.208. The Hall–Kier alpha value is -2.01. The normalized spacial score (nSPS) is 16.8. The first kappa shape index (κ1) is 17.8. The summed E-state index contributed by atoms with van der Waals surface area (Å²) in [6.45, 7) is 0.862. The zero-order chi connectivity index (χ0) is 17.5. The Balaban J connectivity index is 1.50. The standard InChI is InChI=1S/C20H24N2O2S/c1-24-18-9-7-16(8-10-18)19-6-4-13-22(19)20(23)11-14-25-15-17-5-2-3-12-21-17/h2-3,5,7-10,12,19H,4,6,11,13-15H2,1H3. The van der Waals surface area contributed by atoms with Crippen LogP contribution in [0.3, 0.4) is 0 Å². The van der Waals surface area contributed by atoms with Gasteiger partial charge in [-0.25, -0.2) is 0 Å². The average Bonchev–Trinajstić information content (AvgIpc) is 3.16. The first-order chi connectivity index (χ1) is 12.3. The Morgan fingerprint density at radius 1 is 1.28 bits per heavy atom. The fourth-order valence-corrected chi connectivity index (χ4v) is 4.04. The average molecular weight is 356 g/mol. The van der Waals surface area contributed by atoms with Crippen molar-refractivity contribution in [2.45, 2.75) is 31.1 Å². The number of aromatic nitrogens is 1. The summed E-state index contributed by atoms with van der Waals surface area (Å²) in [7, 11) is 1.67. The number of pyridine rings is 1. The molecule has 1 aliphatic rings. The molecular formula is C20H24N2O2S. The number of carbonyl (C=O) groups excluding carboxylic acids is 1. The predicted octanol–water partition coefficient (Wildman–Crippen LogP) is 4.08. The maximum atomic E-state index is 12.6. The summed E-state index contributed by atoms with van der Waals surface area (Å²) in [5.41, 5.74) is 2.27. The summed E-state index contributed by atoms with van der Waals surface area (Å²) in [4.78, 5) is 19.0. The Kier molecular flexibility index (Phi) is 6.34. The molecule has 1 atom stereocenters. The molecule has 1 amide bonds. The minimum Gasteiger partial charge on any atom is -0.497 e. The molecule has 0 spiro atoms. The Bertz CT molecular complexity index is 676. The summed E-state index contributed by atoms with van der Waals surface area (Å²) >= 11 is 1.77. The van der Waals surface area contributed by atoms with E-state index in [9.17, 15) is 4.79 Å². The molecule has 1 saturated heterocycles. The molecule has 1 fully saturated rings. The van der Waals surface area contributed by atoms with Gasteiger partial charge in [-0.15, -0.1) is 0 Å². The predicted molar refractivity (Wildman–Crippen MR) is 102 cm³/mol. The van der Waals surface area contributed by atoms with E-state index in [1.165, 1.54) is 5.56 Å². The number of hydrogen-bond donors (Lipinski definition) is 0. The molecule has 2 heterocycles. The topological polar surface area (TPSA) is 42.4 Å². The molecule has 0 radical (unpaired) electrons. The molecule has 132 valence electrons. The van der Waals surface area contributed by atoms with Crippen LogP contribution in [0.25, 0.3) is 0 Å². The van der Waals surface area contributed by atoms with Crippen LogP contribution in [0.15, 0.2) is 48.7 Å². The number of amides is 1. The van der Waals surface area contributed by atoms with Gasteiger partial charge in [-0.3, -0.25) is 9.78 Å². The number of rotatable bonds is 7. The van der Waals surface area contributed by atoms with Crippen LogP contribution in [0, 0.1) is 0 Å². The van der Waals surface area contributed by atoms with Crippen molar-refractivity contribution in [3.63, 3.8) is 0 Å². The van der Waals surface area contributed by atoms with Crippen LogP contribution in [-0.2, 0) is 10.5 Å². The van der Waals surface area contributed by atoms with Gasteiger partial charge in [-0.2, -0.15) is 11.8 Å². The maximum Gasteiger partial charge on any atom is 0.223 e. The van der Waals surface area contributed by atoms with Crippen LogP contribution in [0.2, 0.25) is 0 Å². The highest BCUT2D eigenvalue weighted by Gasteiger charge is 2.29. The summed E-state index contributed by atoms with van der Waals surface area (Å²) in [5, 5.41) is 0. The molecule has 5 heteroatoms. The van der Waals surface area contributed by atoms with E-state index < -0.39 is 0 Å². The largest absolute Gasteiger partial charge is 0.497 e. The number of nitrogens with zero attached hydrogens (tertiary/aromatic N) is 2. The van der Waals surface area contributed by atoms with Gasteiger partial charge in [-0.1, -0.05) is 18.2 Å². The molecule has 25 heavy (non-hydrogen) atoms. The number of thioether (sulfide) groups is 1. The molecule has 2 aromatic rings. The van der Waals surface area contributed by atoms with Gasteiger partial charge in [0.15, 0.2) is 0 Å². The molecule has 0 aliphatic carbocycles. The van der Waals surface area contributed by atoms with Crippen LogP contribution in [0.1, 0.15) is 36.6 Å². The first-order valence-corrected chi connectivity index (χ1v) is 9.84. The van der Waals surface area contributed by atoms with Crippen LogP contribution >= 0.6 is 11.8 Å². The van der Waals surface area contributed by atoms with Crippen molar-refractivity contribution in [1.29, 1.82) is 0 Å². The van der Waals surface area contributed by atoms with E-state index in [4.69, 9.17) is 4.74 Å². The molecule has 0 bridgehead atoms. The fourth-order valence-electron chi connectivity index (χ4n) is 3.20. The van der Waals surface area contributed by atoms with E-state index in [1.807, 2.05) is 41.4 Å². The molecule has 1 aromatic carbocycles. The zero-order valence-electron chi connectivity index (χ0n) is 14.6. The number of ether oxygens (including phenoxy) is 1. The van der Waals surface area contributed by atoms with E-state index in [2.05, 4.69) is 17.1 Å². The van der Waals surface area contributed by atoms with Gasteiger partial charge >= 0.3 is 0 Å².